The number of nitrogens with one attached hydrogen (secondary N) is 1. The highest BCUT2D eigenvalue weighted by Gasteiger charge is 2.23. The van der Waals surface area contributed by atoms with Crippen LogP contribution in [0.25, 0.3) is 11.0 Å². The highest BCUT2D eigenvalue weighted by Crippen LogP contribution is 2.24. The molecule has 2 heterocycles. The zero-order valence-electron chi connectivity index (χ0n) is 15.9. The minimum absolute atomic E-state index is 0.0392. The molecule has 2 aromatic rings. The molecule has 1 unspecified atom stereocenters. The van der Waals surface area contributed by atoms with Crippen LogP contribution >= 0.6 is 0 Å². The summed E-state index contributed by atoms with van der Waals surface area (Å²) in [5.74, 6) is 0.423. The Bertz CT molecular complexity index is 771. The van der Waals surface area contributed by atoms with Gasteiger partial charge in [-0.15, -0.1) is 0 Å². The fourth-order valence-electron chi connectivity index (χ4n) is 3.35. The van der Waals surface area contributed by atoms with Crippen molar-refractivity contribution in [2.75, 3.05) is 32.7 Å². The number of halogens is 2. The normalized spacial score (nSPS) is 17.5. The van der Waals surface area contributed by atoms with Crippen LogP contribution < -0.4 is 5.32 Å². The summed E-state index contributed by atoms with van der Waals surface area (Å²) in [6, 6.07) is 7.16. The number of hydrogen-bond acceptors (Lipinski definition) is 4. The number of carbonyl (C=O) groups excluding carboxylic acids is 1. The summed E-state index contributed by atoms with van der Waals surface area (Å²) in [5, 5.41) is 2.97. The van der Waals surface area contributed by atoms with Crippen LogP contribution in [0.2, 0.25) is 0 Å². The number of aromatic nitrogens is 2. The second-order valence-corrected chi connectivity index (χ2v) is 7.09. The van der Waals surface area contributed by atoms with E-state index in [1.807, 2.05) is 13.8 Å². The standard InChI is InChI=1S/C19H27F2N5O/c1-3-14(2)22-18(27)13-25-10-8-24(9-11-25)12-17-23-15-6-4-5-7-16(15)26(17)19(20)21/h4-7,14,19H,3,8-13H2,1-2H3,(H,22,27). The van der Waals surface area contributed by atoms with Crippen LogP contribution in [0.1, 0.15) is 32.6 Å². The number of para-hydroxylation sites is 2. The van der Waals surface area contributed by atoms with Gasteiger partial charge in [0.15, 0.2) is 0 Å². The van der Waals surface area contributed by atoms with E-state index in [-0.39, 0.29) is 11.9 Å². The topological polar surface area (TPSA) is 53.4 Å². The van der Waals surface area contributed by atoms with E-state index >= 15 is 0 Å². The molecular weight excluding hydrogens is 352 g/mol. The predicted molar refractivity (Wildman–Crippen MR) is 101 cm³/mol. The molecule has 1 aliphatic heterocycles. The first-order valence-corrected chi connectivity index (χ1v) is 9.46. The van der Waals surface area contributed by atoms with E-state index in [0.717, 1.165) is 37.2 Å². The van der Waals surface area contributed by atoms with Gasteiger partial charge in [-0.3, -0.25) is 19.2 Å². The van der Waals surface area contributed by atoms with E-state index < -0.39 is 6.55 Å². The van der Waals surface area contributed by atoms with Gasteiger partial charge < -0.3 is 5.32 Å². The molecule has 1 amide bonds. The van der Waals surface area contributed by atoms with Crippen molar-refractivity contribution in [3.63, 3.8) is 0 Å². The quantitative estimate of drug-likeness (QED) is 0.803. The lowest BCUT2D eigenvalue weighted by Crippen LogP contribution is -2.50. The summed E-state index contributed by atoms with van der Waals surface area (Å²) in [5.41, 5.74) is 1.05. The Balaban J connectivity index is 1.57. The first kappa shape index (κ1) is 19.7. The van der Waals surface area contributed by atoms with Crippen molar-refractivity contribution in [3.8, 4) is 0 Å². The van der Waals surface area contributed by atoms with Crippen molar-refractivity contribution in [3.05, 3.63) is 30.1 Å². The van der Waals surface area contributed by atoms with Gasteiger partial charge in [-0.05, 0) is 25.5 Å². The summed E-state index contributed by atoms with van der Waals surface area (Å²) in [7, 11) is 0. The van der Waals surface area contributed by atoms with Crippen molar-refractivity contribution in [2.45, 2.75) is 39.4 Å². The molecule has 1 fully saturated rings. The van der Waals surface area contributed by atoms with Crippen molar-refractivity contribution in [1.82, 2.24) is 24.7 Å². The summed E-state index contributed by atoms with van der Waals surface area (Å²) in [6.07, 6.45) is 0.907. The number of amides is 1. The summed E-state index contributed by atoms with van der Waals surface area (Å²) < 4.78 is 28.1. The van der Waals surface area contributed by atoms with Gasteiger partial charge in [0.05, 0.1) is 24.1 Å². The third-order valence-electron chi connectivity index (χ3n) is 5.08. The van der Waals surface area contributed by atoms with Crippen LogP contribution in [0.5, 0.6) is 0 Å². The molecule has 3 rings (SSSR count). The largest absolute Gasteiger partial charge is 0.353 e. The molecule has 1 aromatic heterocycles. The van der Waals surface area contributed by atoms with E-state index in [1.54, 1.807) is 24.3 Å². The minimum atomic E-state index is -2.61. The number of carbonyl (C=O) groups is 1. The molecule has 0 radical (unpaired) electrons. The average molecular weight is 379 g/mol. The molecule has 0 bridgehead atoms. The Labute approximate surface area is 158 Å². The number of rotatable bonds is 7. The fraction of sp³-hybridized carbons (Fsp3) is 0.579. The first-order chi connectivity index (χ1) is 13.0. The molecule has 0 spiro atoms. The number of imidazole rings is 1. The van der Waals surface area contributed by atoms with Crippen LogP contribution in [0.15, 0.2) is 24.3 Å². The molecule has 1 aromatic carbocycles. The summed E-state index contributed by atoms with van der Waals surface area (Å²) in [6.45, 7) is 5.11. The van der Waals surface area contributed by atoms with Crippen LogP contribution in [-0.4, -0.2) is 64.0 Å². The van der Waals surface area contributed by atoms with E-state index in [2.05, 4.69) is 20.1 Å². The average Bonchev–Trinajstić information content (AvgIpc) is 3.01. The van der Waals surface area contributed by atoms with E-state index in [9.17, 15) is 13.6 Å². The number of fused-ring (bicyclic) bond motifs is 1. The van der Waals surface area contributed by atoms with Crippen molar-refractivity contribution in [1.29, 1.82) is 0 Å². The van der Waals surface area contributed by atoms with Crippen LogP contribution in [0, 0.1) is 0 Å². The number of piperazine rings is 1. The maximum Gasteiger partial charge on any atom is 0.320 e. The fourth-order valence-corrected chi connectivity index (χ4v) is 3.35. The van der Waals surface area contributed by atoms with Gasteiger partial charge in [0.2, 0.25) is 5.91 Å². The lowest BCUT2D eigenvalue weighted by Gasteiger charge is -2.34. The zero-order chi connectivity index (χ0) is 19.4. The molecule has 1 aliphatic rings. The molecule has 148 valence electrons. The molecule has 1 saturated heterocycles. The Morgan fingerprint density at radius 2 is 1.85 bits per heavy atom. The van der Waals surface area contributed by atoms with Gasteiger partial charge in [-0.1, -0.05) is 19.1 Å². The van der Waals surface area contributed by atoms with Gasteiger partial charge in [-0.25, -0.2) is 4.98 Å². The molecule has 8 heteroatoms. The Kier molecular flexibility index (Phi) is 6.38. The summed E-state index contributed by atoms with van der Waals surface area (Å²) >= 11 is 0. The lowest BCUT2D eigenvalue weighted by atomic mass is 10.2. The third-order valence-corrected chi connectivity index (χ3v) is 5.08. The van der Waals surface area contributed by atoms with Gasteiger partial charge in [0.25, 0.3) is 0 Å². The lowest BCUT2D eigenvalue weighted by molar-refractivity contribution is -0.123. The van der Waals surface area contributed by atoms with Crippen molar-refractivity contribution < 1.29 is 13.6 Å². The van der Waals surface area contributed by atoms with E-state index in [1.165, 1.54) is 0 Å². The second-order valence-electron chi connectivity index (χ2n) is 7.09. The molecule has 6 nitrogen and oxygen atoms in total. The Morgan fingerprint density at radius 1 is 1.19 bits per heavy atom. The molecule has 0 saturated carbocycles. The smallest absolute Gasteiger partial charge is 0.320 e. The van der Waals surface area contributed by atoms with Crippen LogP contribution in [0.4, 0.5) is 8.78 Å². The van der Waals surface area contributed by atoms with Crippen LogP contribution in [0.3, 0.4) is 0 Å². The zero-order valence-corrected chi connectivity index (χ0v) is 15.9. The van der Waals surface area contributed by atoms with E-state index in [4.69, 9.17) is 0 Å². The highest BCUT2D eigenvalue weighted by atomic mass is 19.3. The number of benzene rings is 1. The SMILES string of the molecule is CCC(C)NC(=O)CN1CCN(Cc2nc3ccccc3n2C(F)F)CC1. The maximum absolute atomic E-state index is 13.5. The Morgan fingerprint density at radius 3 is 2.52 bits per heavy atom. The van der Waals surface area contributed by atoms with Crippen molar-refractivity contribution in [2.24, 2.45) is 0 Å². The monoisotopic (exact) mass is 379 g/mol. The number of alkyl halides is 2. The molecular formula is C19H27F2N5O. The van der Waals surface area contributed by atoms with Gasteiger partial charge >= 0.3 is 6.55 Å². The molecule has 27 heavy (non-hydrogen) atoms. The van der Waals surface area contributed by atoms with Gasteiger partial charge in [-0.2, -0.15) is 8.78 Å². The van der Waals surface area contributed by atoms with Crippen LogP contribution in [-0.2, 0) is 11.3 Å². The second kappa shape index (κ2) is 8.75. The van der Waals surface area contributed by atoms with Crippen molar-refractivity contribution >= 4 is 16.9 Å². The molecule has 1 atom stereocenters. The molecule has 0 aliphatic carbocycles. The van der Waals surface area contributed by atoms with Gasteiger partial charge in [0, 0.05) is 32.2 Å². The Hall–Kier alpha value is -2.06. The highest BCUT2D eigenvalue weighted by molar-refractivity contribution is 5.78. The van der Waals surface area contributed by atoms with Gasteiger partial charge in [0.1, 0.15) is 5.82 Å². The maximum atomic E-state index is 13.5. The summed E-state index contributed by atoms with van der Waals surface area (Å²) in [4.78, 5) is 20.6. The third kappa shape index (κ3) is 4.81. The minimum Gasteiger partial charge on any atom is -0.353 e. The number of hydrogen-bond donors (Lipinski definition) is 1. The first-order valence-electron chi connectivity index (χ1n) is 9.46. The number of nitrogens with zero attached hydrogens (tertiary/aromatic N) is 4. The predicted octanol–water partition coefficient (Wildman–Crippen LogP) is 2.46. The molecule has 1 N–H and O–H groups in total. The van der Waals surface area contributed by atoms with E-state index in [0.29, 0.717) is 29.9 Å².